The third-order valence-electron chi connectivity index (χ3n) is 3.18. The van der Waals surface area contributed by atoms with E-state index in [1.807, 2.05) is 13.0 Å². The summed E-state index contributed by atoms with van der Waals surface area (Å²) >= 11 is 1.78. The molecule has 3 rings (SSSR count). The largest absolute Gasteiger partial charge is 0.339 e. The van der Waals surface area contributed by atoms with Crippen molar-refractivity contribution in [2.24, 2.45) is 5.73 Å². The molecule has 1 aliphatic heterocycles. The molecule has 0 aliphatic carbocycles. The molecule has 0 spiro atoms. The first-order valence-electron chi connectivity index (χ1n) is 6.08. The van der Waals surface area contributed by atoms with Gasteiger partial charge in [0.2, 0.25) is 11.7 Å². The summed E-state index contributed by atoms with van der Waals surface area (Å²) in [5.74, 6) is 2.57. The number of thioether (sulfide) groups is 1. The molecule has 0 radical (unpaired) electrons. The molecule has 0 amide bonds. The van der Waals surface area contributed by atoms with Crippen molar-refractivity contribution in [3.63, 3.8) is 0 Å². The molecule has 2 atom stereocenters. The van der Waals surface area contributed by atoms with E-state index in [1.165, 1.54) is 12.1 Å². The van der Waals surface area contributed by atoms with Gasteiger partial charge in [-0.25, -0.2) is 4.39 Å². The third kappa shape index (κ3) is 2.50. The summed E-state index contributed by atoms with van der Waals surface area (Å²) in [4.78, 5) is 4.36. The number of rotatable bonds is 2. The molecule has 1 saturated heterocycles. The van der Waals surface area contributed by atoms with E-state index in [1.54, 1.807) is 11.8 Å². The second-order valence-corrected chi connectivity index (χ2v) is 5.86. The van der Waals surface area contributed by atoms with E-state index in [-0.39, 0.29) is 17.8 Å². The van der Waals surface area contributed by atoms with Crippen molar-refractivity contribution in [2.45, 2.75) is 18.9 Å². The molecule has 1 fully saturated rings. The number of hydrogen-bond acceptors (Lipinski definition) is 5. The Morgan fingerprint density at radius 1 is 1.37 bits per heavy atom. The number of halogens is 1. The van der Waals surface area contributed by atoms with Gasteiger partial charge in [-0.05, 0) is 30.7 Å². The molecule has 2 heterocycles. The zero-order valence-electron chi connectivity index (χ0n) is 10.5. The minimum absolute atomic E-state index is 0.0487. The maximum atomic E-state index is 13.4. The smallest absolute Gasteiger partial charge is 0.232 e. The molecular formula is C13H14FN3OS. The van der Waals surface area contributed by atoms with Gasteiger partial charge in [0.05, 0.1) is 5.92 Å². The SMILES string of the molecule is Cc1cc(F)cc(-c2noc(C3CSCC3N)n2)c1. The van der Waals surface area contributed by atoms with Crippen LogP contribution >= 0.6 is 11.8 Å². The highest BCUT2D eigenvalue weighted by atomic mass is 32.2. The Bertz CT molecular complexity index is 581. The Balaban J connectivity index is 1.92. The lowest BCUT2D eigenvalue weighted by molar-refractivity contribution is 0.352. The predicted octanol–water partition coefficient (Wildman–Crippen LogP) is 2.34. The molecule has 1 aliphatic rings. The Kier molecular flexibility index (Phi) is 3.28. The fraction of sp³-hybridized carbons (Fsp3) is 0.385. The molecular weight excluding hydrogens is 265 g/mol. The van der Waals surface area contributed by atoms with Gasteiger partial charge in [0.15, 0.2) is 0 Å². The second kappa shape index (κ2) is 4.94. The van der Waals surface area contributed by atoms with Gasteiger partial charge in [-0.3, -0.25) is 0 Å². The van der Waals surface area contributed by atoms with E-state index in [9.17, 15) is 4.39 Å². The van der Waals surface area contributed by atoms with E-state index in [4.69, 9.17) is 10.3 Å². The zero-order valence-corrected chi connectivity index (χ0v) is 11.3. The van der Waals surface area contributed by atoms with Crippen LogP contribution in [0.2, 0.25) is 0 Å². The van der Waals surface area contributed by atoms with Gasteiger partial charge >= 0.3 is 0 Å². The maximum absolute atomic E-state index is 13.4. The molecule has 0 bridgehead atoms. The topological polar surface area (TPSA) is 64.9 Å². The monoisotopic (exact) mass is 279 g/mol. The van der Waals surface area contributed by atoms with Crippen molar-refractivity contribution in [3.05, 3.63) is 35.5 Å². The summed E-state index contributed by atoms with van der Waals surface area (Å²) in [6.45, 7) is 1.83. The quantitative estimate of drug-likeness (QED) is 0.914. The van der Waals surface area contributed by atoms with Crippen LogP contribution in [0.4, 0.5) is 4.39 Å². The van der Waals surface area contributed by atoms with E-state index in [0.717, 1.165) is 17.1 Å². The number of aromatic nitrogens is 2. The lowest BCUT2D eigenvalue weighted by atomic mass is 10.1. The first kappa shape index (κ1) is 12.6. The number of aryl methyl sites for hydroxylation is 1. The van der Waals surface area contributed by atoms with Gasteiger partial charge in [0, 0.05) is 23.1 Å². The Morgan fingerprint density at radius 3 is 2.89 bits per heavy atom. The van der Waals surface area contributed by atoms with Crippen LogP contribution in [0.25, 0.3) is 11.4 Å². The summed E-state index contributed by atoms with van der Waals surface area (Å²) in [7, 11) is 0. The third-order valence-corrected chi connectivity index (χ3v) is 4.40. The fourth-order valence-corrected chi connectivity index (χ4v) is 3.48. The summed E-state index contributed by atoms with van der Waals surface area (Å²) in [6, 6.07) is 4.76. The molecule has 0 saturated carbocycles. The van der Waals surface area contributed by atoms with Crippen LogP contribution in [0.15, 0.2) is 22.7 Å². The van der Waals surface area contributed by atoms with Crippen molar-refractivity contribution < 1.29 is 8.91 Å². The lowest BCUT2D eigenvalue weighted by Crippen LogP contribution is -2.26. The van der Waals surface area contributed by atoms with E-state index in [2.05, 4.69) is 10.1 Å². The summed E-state index contributed by atoms with van der Waals surface area (Å²) in [5, 5.41) is 3.93. The molecule has 2 unspecified atom stereocenters. The molecule has 100 valence electrons. The van der Waals surface area contributed by atoms with Crippen LogP contribution in [-0.4, -0.2) is 27.7 Å². The van der Waals surface area contributed by atoms with Crippen LogP contribution in [0.5, 0.6) is 0 Å². The molecule has 4 nitrogen and oxygen atoms in total. The number of nitrogens with zero attached hydrogens (tertiary/aromatic N) is 2. The highest BCUT2D eigenvalue weighted by molar-refractivity contribution is 7.99. The molecule has 19 heavy (non-hydrogen) atoms. The first-order chi connectivity index (χ1) is 9.13. The summed E-state index contributed by atoms with van der Waals surface area (Å²) in [5.41, 5.74) is 7.46. The van der Waals surface area contributed by atoms with E-state index >= 15 is 0 Å². The predicted molar refractivity (Wildman–Crippen MR) is 72.5 cm³/mol. The molecule has 2 aromatic rings. The lowest BCUT2D eigenvalue weighted by Gasteiger charge is -2.07. The van der Waals surface area contributed by atoms with E-state index < -0.39 is 0 Å². The van der Waals surface area contributed by atoms with Gasteiger partial charge in [0.25, 0.3) is 0 Å². The Labute approximate surface area is 114 Å². The first-order valence-corrected chi connectivity index (χ1v) is 7.23. The van der Waals surface area contributed by atoms with E-state index in [0.29, 0.717) is 17.3 Å². The minimum atomic E-state index is -0.297. The molecule has 1 aromatic heterocycles. The summed E-state index contributed by atoms with van der Waals surface area (Å²) < 4.78 is 18.7. The molecule has 6 heteroatoms. The number of benzene rings is 1. The number of nitrogens with two attached hydrogens (primary N) is 1. The Hall–Kier alpha value is -1.40. The van der Waals surface area contributed by atoms with Gasteiger partial charge in [-0.2, -0.15) is 16.7 Å². The van der Waals surface area contributed by atoms with Crippen LogP contribution in [0.1, 0.15) is 17.4 Å². The van der Waals surface area contributed by atoms with Gasteiger partial charge in [0.1, 0.15) is 5.82 Å². The zero-order chi connectivity index (χ0) is 13.4. The highest BCUT2D eigenvalue weighted by Crippen LogP contribution is 2.31. The van der Waals surface area contributed by atoms with Crippen molar-refractivity contribution >= 4 is 11.8 Å². The highest BCUT2D eigenvalue weighted by Gasteiger charge is 2.31. The van der Waals surface area contributed by atoms with Gasteiger partial charge in [-0.15, -0.1) is 0 Å². The van der Waals surface area contributed by atoms with Crippen LogP contribution in [0.3, 0.4) is 0 Å². The average Bonchev–Trinajstić information content (AvgIpc) is 2.95. The molecule has 1 aromatic carbocycles. The van der Waals surface area contributed by atoms with Crippen LogP contribution < -0.4 is 5.73 Å². The average molecular weight is 279 g/mol. The van der Waals surface area contributed by atoms with Crippen molar-refractivity contribution in [3.8, 4) is 11.4 Å². The Morgan fingerprint density at radius 2 is 2.21 bits per heavy atom. The standard InChI is InChI=1S/C13H14FN3OS/c1-7-2-8(4-9(14)3-7)12-16-13(18-17-12)10-5-19-6-11(10)15/h2-4,10-11H,5-6,15H2,1H3. The van der Waals surface area contributed by atoms with Crippen molar-refractivity contribution in [1.29, 1.82) is 0 Å². The van der Waals surface area contributed by atoms with Crippen LogP contribution in [0, 0.1) is 12.7 Å². The number of hydrogen-bond donors (Lipinski definition) is 1. The minimum Gasteiger partial charge on any atom is -0.339 e. The van der Waals surface area contributed by atoms with Gasteiger partial charge in [-0.1, -0.05) is 5.16 Å². The van der Waals surface area contributed by atoms with Crippen molar-refractivity contribution in [1.82, 2.24) is 10.1 Å². The van der Waals surface area contributed by atoms with Crippen molar-refractivity contribution in [2.75, 3.05) is 11.5 Å². The normalized spacial score (nSPS) is 22.9. The van der Waals surface area contributed by atoms with Gasteiger partial charge < -0.3 is 10.3 Å². The molecule has 2 N–H and O–H groups in total. The van der Waals surface area contributed by atoms with Crippen LogP contribution in [-0.2, 0) is 0 Å². The maximum Gasteiger partial charge on any atom is 0.232 e. The summed E-state index contributed by atoms with van der Waals surface area (Å²) in [6.07, 6.45) is 0. The second-order valence-electron chi connectivity index (χ2n) is 4.78. The fourth-order valence-electron chi connectivity index (χ4n) is 2.19.